The highest BCUT2D eigenvalue weighted by atomic mass is 32.1. The van der Waals surface area contributed by atoms with Gasteiger partial charge >= 0.3 is 5.97 Å². The summed E-state index contributed by atoms with van der Waals surface area (Å²) in [6.45, 7) is 2.05. The molecule has 1 aromatic carbocycles. The summed E-state index contributed by atoms with van der Waals surface area (Å²) in [5.41, 5.74) is 1.83. The van der Waals surface area contributed by atoms with Crippen LogP contribution in [0, 0.1) is 5.82 Å². The number of amides is 1. The molecule has 2 aromatic rings. The average Bonchev–Trinajstić information content (AvgIpc) is 2.82. The van der Waals surface area contributed by atoms with E-state index in [1.807, 2.05) is 0 Å². The normalized spacial score (nSPS) is 13.2. The van der Waals surface area contributed by atoms with E-state index in [1.54, 1.807) is 6.92 Å². The molecule has 148 valence electrons. The third-order valence-corrected chi connectivity index (χ3v) is 5.87. The highest BCUT2D eigenvalue weighted by Crippen LogP contribution is 2.38. The van der Waals surface area contributed by atoms with Crippen molar-refractivity contribution in [2.24, 2.45) is 0 Å². The lowest BCUT2D eigenvalue weighted by Gasteiger charge is -2.11. The lowest BCUT2D eigenvalue weighted by Crippen LogP contribution is -2.34. The molecule has 1 aromatic heterocycles. The van der Waals surface area contributed by atoms with Gasteiger partial charge in [-0.25, -0.2) is 9.18 Å². The van der Waals surface area contributed by atoms with Gasteiger partial charge in [-0.3, -0.25) is 10.1 Å². The molecule has 1 aliphatic rings. The Hall–Kier alpha value is -2.32. The number of ether oxygens (including phenoxy) is 1. The highest BCUT2D eigenvalue weighted by molar-refractivity contribution is 7.80. The third kappa shape index (κ3) is 4.74. The minimum Gasteiger partial charge on any atom is -0.462 e. The second-order valence-corrected chi connectivity index (χ2v) is 7.92. The molecular weight excluding hydrogens is 399 g/mol. The molecule has 1 amide bonds. The van der Waals surface area contributed by atoms with Gasteiger partial charge in [0.2, 0.25) is 0 Å². The van der Waals surface area contributed by atoms with Gasteiger partial charge < -0.3 is 10.1 Å². The van der Waals surface area contributed by atoms with Crippen molar-refractivity contribution >= 4 is 45.5 Å². The van der Waals surface area contributed by atoms with Crippen molar-refractivity contribution in [1.82, 2.24) is 5.32 Å². The van der Waals surface area contributed by atoms with Crippen LogP contribution in [0.1, 0.15) is 57.3 Å². The Morgan fingerprint density at radius 1 is 1.18 bits per heavy atom. The Morgan fingerprint density at radius 3 is 2.61 bits per heavy atom. The number of aryl methyl sites for hydroxylation is 1. The molecule has 2 N–H and O–H groups in total. The number of thiophene rings is 1. The van der Waals surface area contributed by atoms with E-state index in [4.69, 9.17) is 17.0 Å². The number of hydrogen-bond acceptors (Lipinski definition) is 5. The molecule has 0 bridgehead atoms. The van der Waals surface area contributed by atoms with Crippen LogP contribution >= 0.6 is 23.6 Å². The van der Waals surface area contributed by atoms with Gasteiger partial charge in [0, 0.05) is 10.4 Å². The van der Waals surface area contributed by atoms with Gasteiger partial charge in [0.1, 0.15) is 10.8 Å². The van der Waals surface area contributed by atoms with Crippen LogP contribution in [0.5, 0.6) is 0 Å². The molecule has 0 radical (unpaired) electrons. The maximum absolute atomic E-state index is 13.0. The van der Waals surface area contributed by atoms with E-state index in [-0.39, 0.29) is 23.3 Å². The van der Waals surface area contributed by atoms with Gasteiger partial charge in [-0.2, -0.15) is 0 Å². The summed E-state index contributed by atoms with van der Waals surface area (Å²) in [4.78, 5) is 26.0. The lowest BCUT2D eigenvalue weighted by molar-refractivity contribution is 0.0526. The number of benzene rings is 1. The minimum absolute atomic E-state index is 0.0799. The summed E-state index contributed by atoms with van der Waals surface area (Å²) in [5.74, 6) is -1.25. The van der Waals surface area contributed by atoms with Crippen molar-refractivity contribution in [1.29, 1.82) is 0 Å². The Kier molecular flexibility index (Phi) is 6.74. The summed E-state index contributed by atoms with van der Waals surface area (Å²) in [7, 11) is 0. The standard InChI is InChI=1S/C20H21FN2O3S2/c1-2-26-19(25)16-14-6-4-3-5-7-15(14)28-18(16)23-20(27)22-17(24)12-8-10-13(21)11-9-12/h8-11H,2-7H2,1H3,(H2,22,23,24,27). The quantitative estimate of drug-likeness (QED) is 0.434. The van der Waals surface area contributed by atoms with E-state index in [2.05, 4.69) is 10.6 Å². The third-order valence-electron chi connectivity index (χ3n) is 4.46. The maximum Gasteiger partial charge on any atom is 0.341 e. The zero-order valence-corrected chi connectivity index (χ0v) is 17.1. The van der Waals surface area contributed by atoms with E-state index >= 15 is 0 Å². The fourth-order valence-corrected chi connectivity index (χ4v) is 4.70. The Morgan fingerprint density at radius 2 is 1.89 bits per heavy atom. The molecule has 28 heavy (non-hydrogen) atoms. The molecule has 1 aliphatic carbocycles. The van der Waals surface area contributed by atoms with E-state index in [0.29, 0.717) is 10.6 Å². The Labute approximate surface area is 172 Å². The number of rotatable bonds is 4. The van der Waals surface area contributed by atoms with Crippen LogP contribution in [0.15, 0.2) is 24.3 Å². The van der Waals surface area contributed by atoms with Gasteiger partial charge in [0.15, 0.2) is 5.11 Å². The largest absolute Gasteiger partial charge is 0.462 e. The number of fused-ring (bicyclic) bond motifs is 1. The molecule has 0 saturated carbocycles. The molecule has 0 saturated heterocycles. The van der Waals surface area contributed by atoms with Crippen LogP contribution in [0.3, 0.4) is 0 Å². The van der Waals surface area contributed by atoms with E-state index in [1.165, 1.54) is 35.6 Å². The fourth-order valence-electron chi connectivity index (χ4n) is 3.16. The van der Waals surface area contributed by atoms with E-state index in [0.717, 1.165) is 42.5 Å². The fraction of sp³-hybridized carbons (Fsp3) is 0.350. The van der Waals surface area contributed by atoms with Gasteiger partial charge in [-0.15, -0.1) is 11.3 Å². The Balaban J connectivity index is 1.78. The predicted octanol–water partition coefficient (Wildman–Crippen LogP) is 4.46. The average molecular weight is 421 g/mol. The molecule has 3 rings (SSSR count). The minimum atomic E-state index is -0.451. The van der Waals surface area contributed by atoms with Crippen molar-refractivity contribution in [2.75, 3.05) is 11.9 Å². The number of carbonyl (C=O) groups excluding carboxylic acids is 2. The van der Waals surface area contributed by atoms with E-state index < -0.39 is 11.7 Å². The zero-order chi connectivity index (χ0) is 20.1. The van der Waals surface area contributed by atoms with Crippen molar-refractivity contribution in [2.45, 2.75) is 39.0 Å². The van der Waals surface area contributed by atoms with Gasteiger partial charge in [0.05, 0.1) is 12.2 Å². The summed E-state index contributed by atoms with van der Waals surface area (Å²) in [5, 5.41) is 6.22. The van der Waals surface area contributed by atoms with Crippen molar-refractivity contribution in [3.8, 4) is 0 Å². The molecule has 0 spiro atoms. The monoisotopic (exact) mass is 420 g/mol. The summed E-state index contributed by atoms with van der Waals surface area (Å²) in [6, 6.07) is 5.18. The number of thiocarbonyl (C=S) groups is 1. The number of nitrogens with one attached hydrogen (secondary N) is 2. The van der Waals surface area contributed by atoms with Crippen LogP contribution in [-0.4, -0.2) is 23.6 Å². The number of anilines is 1. The zero-order valence-electron chi connectivity index (χ0n) is 15.5. The molecule has 0 fully saturated rings. The van der Waals surface area contributed by atoms with Crippen LogP contribution < -0.4 is 10.6 Å². The number of halogens is 1. The molecule has 0 atom stereocenters. The number of hydrogen-bond donors (Lipinski definition) is 2. The van der Waals surface area contributed by atoms with E-state index in [9.17, 15) is 14.0 Å². The van der Waals surface area contributed by atoms with Crippen molar-refractivity contribution in [3.63, 3.8) is 0 Å². The first-order chi connectivity index (χ1) is 13.5. The van der Waals surface area contributed by atoms with Gasteiger partial charge in [-0.05, 0) is 74.7 Å². The lowest BCUT2D eigenvalue weighted by atomic mass is 10.1. The highest BCUT2D eigenvalue weighted by Gasteiger charge is 2.26. The van der Waals surface area contributed by atoms with Crippen LogP contribution in [0.25, 0.3) is 0 Å². The first-order valence-electron chi connectivity index (χ1n) is 9.19. The van der Waals surface area contributed by atoms with Crippen LogP contribution in [-0.2, 0) is 17.6 Å². The Bertz CT molecular complexity index is 894. The summed E-state index contributed by atoms with van der Waals surface area (Å²) >= 11 is 6.74. The second-order valence-electron chi connectivity index (χ2n) is 6.40. The van der Waals surface area contributed by atoms with Crippen LogP contribution in [0.4, 0.5) is 9.39 Å². The molecule has 0 aliphatic heterocycles. The molecule has 1 heterocycles. The van der Waals surface area contributed by atoms with Crippen molar-refractivity contribution < 1.29 is 18.7 Å². The number of esters is 1. The predicted molar refractivity (Wildman–Crippen MR) is 112 cm³/mol. The second kappa shape index (κ2) is 9.25. The summed E-state index contributed by atoms with van der Waals surface area (Å²) < 4.78 is 18.3. The smallest absolute Gasteiger partial charge is 0.341 e. The molecular formula is C20H21FN2O3S2. The first kappa shape index (κ1) is 20.4. The number of carbonyl (C=O) groups is 2. The molecule has 8 heteroatoms. The van der Waals surface area contributed by atoms with Gasteiger partial charge in [-0.1, -0.05) is 6.42 Å². The van der Waals surface area contributed by atoms with Crippen LogP contribution in [0.2, 0.25) is 0 Å². The maximum atomic E-state index is 13.0. The van der Waals surface area contributed by atoms with Gasteiger partial charge in [0.25, 0.3) is 5.91 Å². The van der Waals surface area contributed by atoms with Crippen molar-refractivity contribution in [3.05, 3.63) is 51.7 Å². The topological polar surface area (TPSA) is 67.4 Å². The summed E-state index contributed by atoms with van der Waals surface area (Å²) in [6.07, 6.45) is 5.00. The SMILES string of the molecule is CCOC(=O)c1c(NC(=S)NC(=O)c2ccc(F)cc2)sc2c1CCCCC2. The first-order valence-corrected chi connectivity index (χ1v) is 10.4. The molecule has 0 unspecified atom stereocenters. The molecule has 5 nitrogen and oxygen atoms in total.